The van der Waals surface area contributed by atoms with Gasteiger partial charge in [0.15, 0.2) is 0 Å². The average molecular weight is 321 g/mol. The van der Waals surface area contributed by atoms with Gasteiger partial charge < -0.3 is 14.5 Å². The number of benzene rings is 2. The molecular weight excluding hydrogens is 298 g/mol. The highest BCUT2D eigenvalue weighted by Gasteiger charge is 2.18. The van der Waals surface area contributed by atoms with Gasteiger partial charge in [0.25, 0.3) is 0 Å². The first-order valence-electron chi connectivity index (χ1n) is 8.37. The summed E-state index contributed by atoms with van der Waals surface area (Å²) in [6, 6.07) is 24.9. The second kappa shape index (κ2) is 9.06. The normalized spacial score (nSPS) is 14.0. The number of hydrogen-bond donors (Lipinski definition) is 1. The number of morpholine rings is 1. The molecule has 124 valence electrons. The molecule has 0 saturated carbocycles. The maximum Gasteiger partial charge on any atom is 0.115 e. The van der Waals surface area contributed by atoms with Crippen LogP contribution in [0.15, 0.2) is 83.5 Å². The number of ether oxygens (including phenoxy) is 1. The second-order valence-electron chi connectivity index (χ2n) is 5.63. The van der Waals surface area contributed by atoms with Crippen LogP contribution >= 0.6 is 0 Å². The largest absolute Gasteiger partial charge is 0.468 e. The van der Waals surface area contributed by atoms with Crippen molar-refractivity contribution in [3.05, 3.63) is 95.9 Å². The summed E-state index contributed by atoms with van der Waals surface area (Å²) >= 11 is 0. The molecule has 1 saturated heterocycles. The van der Waals surface area contributed by atoms with Crippen LogP contribution in [-0.4, -0.2) is 26.3 Å². The Labute approximate surface area is 143 Å². The summed E-state index contributed by atoms with van der Waals surface area (Å²) in [5, 5.41) is 3.16. The minimum atomic E-state index is 0.169. The van der Waals surface area contributed by atoms with Crippen LogP contribution in [0.25, 0.3) is 0 Å². The van der Waals surface area contributed by atoms with E-state index in [-0.39, 0.29) is 5.92 Å². The van der Waals surface area contributed by atoms with Gasteiger partial charge in [-0.15, -0.1) is 0 Å². The van der Waals surface area contributed by atoms with E-state index in [1.165, 1.54) is 11.1 Å². The van der Waals surface area contributed by atoms with Crippen molar-refractivity contribution in [2.45, 2.75) is 5.92 Å². The Kier molecular flexibility index (Phi) is 6.23. The van der Waals surface area contributed by atoms with Gasteiger partial charge in [-0.2, -0.15) is 0 Å². The number of nitrogens with one attached hydrogen (secondary N) is 1. The minimum Gasteiger partial charge on any atom is -0.468 e. The first-order valence-corrected chi connectivity index (χ1v) is 8.37. The SMILES string of the molecule is C1COCCN1.c1ccc(C(c2ccccc2)c2ccco2)cc1. The molecule has 3 aromatic rings. The summed E-state index contributed by atoms with van der Waals surface area (Å²) in [6.45, 7) is 3.83. The topological polar surface area (TPSA) is 34.4 Å². The summed E-state index contributed by atoms with van der Waals surface area (Å²) in [5.74, 6) is 1.15. The summed E-state index contributed by atoms with van der Waals surface area (Å²) in [6.07, 6.45) is 1.73. The lowest BCUT2D eigenvalue weighted by atomic mass is 9.89. The molecule has 3 nitrogen and oxygen atoms in total. The molecule has 0 atom stereocenters. The molecule has 3 heteroatoms. The quantitative estimate of drug-likeness (QED) is 0.790. The number of hydrogen-bond acceptors (Lipinski definition) is 3. The Morgan fingerprint density at radius 2 is 1.29 bits per heavy atom. The van der Waals surface area contributed by atoms with E-state index in [9.17, 15) is 0 Å². The fraction of sp³-hybridized carbons (Fsp3) is 0.238. The summed E-state index contributed by atoms with van der Waals surface area (Å²) in [4.78, 5) is 0. The summed E-state index contributed by atoms with van der Waals surface area (Å²) in [5.41, 5.74) is 2.50. The van der Waals surface area contributed by atoms with Gasteiger partial charge in [0.05, 0.1) is 25.4 Å². The van der Waals surface area contributed by atoms with Gasteiger partial charge in [0.1, 0.15) is 5.76 Å². The van der Waals surface area contributed by atoms with Crippen LogP contribution in [0.1, 0.15) is 22.8 Å². The van der Waals surface area contributed by atoms with Crippen molar-refractivity contribution >= 4 is 0 Å². The molecule has 0 amide bonds. The van der Waals surface area contributed by atoms with Crippen molar-refractivity contribution in [3.8, 4) is 0 Å². The highest BCUT2D eigenvalue weighted by atomic mass is 16.5. The monoisotopic (exact) mass is 321 g/mol. The lowest BCUT2D eigenvalue weighted by Crippen LogP contribution is -2.30. The van der Waals surface area contributed by atoms with E-state index >= 15 is 0 Å². The van der Waals surface area contributed by atoms with Crippen molar-refractivity contribution in [1.82, 2.24) is 5.32 Å². The predicted octanol–water partition coefficient (Wildman–Crippen LogP) is 4.07. The fourth-order valence-corrected chi connectivity index (χ4v) is 2.78. The molecule has 1 aliphatic heterocycles. The van der Waals surface area contributed by atoms with Gasteiger partial charge in [0.2, 0.25) is 0 Å². The Hall–Kier alpha value is -2.36. The van der Waals surface area contributed by atoms with Crippen LogP contribution in [0.4, 0.5) is 0 Å². The predicted molar refractivity (Wildman–Crippen MR) is 96.2 cm³/mol. The van der Waals surface area contributed by atoms with Gasteiger partial charge in [-0.3, -0.25) is 0 Å². The van der Waals surface area contributed by atoms with E-state index in [4.69, 9.17) is 9.15 Å². The van der Waals surface area contributed by atoms with Crippen LogP contribution in [-0.2, 0) is 4.74 Å². The minimum absolute atomic E-state index is 0.169. The van der Waals surface area contributed by atoms with Crippen molar-refractivity contribution < 1.29 is 9.15 Å². The molecule has 24 heavy (non-hydrogen) atoms. The molecule has 2 aromatic carbocycles. The van der Waals surface area contributed by atoms with E-state index in [0.29, 0.717) is 0 Å². The van der Waals surface area contributed by atoms with Gasteiger partial charge in [-0.25, -0.2) is 0 Å². The smallest absolute Gasteiger partial charge is 0.115 e. The Morgan fingerprint density at radius 3 is 1.67 bits per heavy atom. The maximum atomic E-state index is 5.60. The third-order valence-corrected chi connectivity index (χ3v) is 3.94. The molecule has 0 bridgehead atoms. The molecule has 1 fully saturated rings. The van der Waals surface area contributed by atoms with Crippen LogP contribution in [0.3, 0.4) is 0 Å². The second-order valence-corrected chi connectivity index (χ2v) is 5.63. The molecular formula is C21H23NO2. The zero-order chi connectivity index (χ0) is 16.5. The molecule has 2 heterocycles. The number of rotatable bonds is 3. The van der Waals surface area contributed by atoms with Crippen molar-refractivity contribution in [2.24, 2.45) is 0 Å². The van der Waals surface area contributed by atoms with Crippen LogP contribution < -0.4 is 5.32 Å². The van der Waals surface area contributed by atoms with Gasteiger partial charge in [0, 0.05) is 13.1 Å². The first kappa shape index (κ1) is 16.5. The summed E-state index contributed by atoms with van der Waals surface area (Å²) in [7, 11) is 0. The molecule has 4 rings (SSSR count). The van der Waals surface area contributed by atoms with E-state index in [2.05, 4.69) is 53.8 Å². The Balaban J connectivity index is 0.000000238. The molecule has 0 spiro atoms. The molecule has 0 unspecified atom stereocenters. The zero-order valence-electron chi connectivity index (χ0n) is 13.7. The molecule has 1 aromatic heterocycles. The Bertz CT molecular complexity index is 625. The number of furan rings is 1. The van der Waals surface area contributed by atoms with Crippen LogP contribution in [0, 0.1) is 0 Å². The van der Waals surface area contributed by atoms with Crippen molar-refractivity contribution in [3.63, 3.8) is 0 Å². The van der Waals surface area contributed by atoms with Gasteiger partial charge >= 0.3 is 0 Å². The lowest BCUT2D eigenvalue weighted by Gasteiger charge is -2.15. The molecule has 0 aliphatic carbocycles. The van der Waals surface area contributed by atoms with E-state index in [1.54, 1.807) is 6.26 Å². The van der Waals surface area contributed by atoms with Gasteiger partial charge in [-0.1, -0.05) is 60.7 Å². The van der Waals surface area contributed by atoms with E-state index in [0.717, 1.165) is 32.1 Å². The highest BCUT2D eigenvalue weighted by Crippen LogP contribution is 2.31. The third-order valence-electron chi connectivity index (χ3n) is 3.94. The van der Waals surface area contributed by atoms with Gasteiger partial charge in [-0.05, 0) is 23.3 Å². The molecule has 1 aliphatic rings. The molecule has 0 radical (unpaired) electrons. The third kappa shape index (κ3) is 4.57. The molecule has 1 N–H and O–H groups in total. The van der Waals surface area contributed by atoms with Crippen molar-refractivity contribution in [2.75, 3.05) is 26.3 Å². The maximum absolute atomic E-state index is 5.60. The fourth-order valence-electron chi connectivity index (χ4n) is 2.78. The zero-order valence-corrected chi connectivity index (χ0v) is 13.7. The van der Waals surface area contributed by atoms with E-state index < -0.39 is 0 Å². The average Bonchev–Trinajstić information content (AvgIpc) is 3.20. The lowest BCUT2D eigenvalue weighted by molar-refractivity contribution is 0.109. The highest BCUT2D eigenvalue weighted by molar-refractivity contribution is 5.39. The standard InChI is InChI=1S/C17H14O.C4H9NO/c1-3-8-14(9-4-1)17(16-12-7-13-18-16)15-10-5-2-6-11-15;1-3-6-4-2-5-1/h1-13,17H;5H,1-4H2. The first-order chi connectivity index (χ1) is 11.9. The van der Waals surface area contributed by atoms with Crippen molar-refractivity contribution in [1.29, 1.82) is 0 Å². The van der Waals surface area contributed by atoms with Crippen LogP contribution in [0.5, 0.6) is 0 Å². The Morgan fingerprint density at radius 1 is 0.708 bits per heavy atom. The summed E-state index contributed by atoms with van der Waals surface area (Å²) < 4.78 is 10.6. The van der Waals surface area contributed by atoms with E-state index in [1.807, 2.05) is 24.3 Å². The van der Waals surface area contributed by atoms with Crippen LogP contribution in [0.2, 0.25) is 0 Å².